The normalized spacial score (nSPS) is 14.2. The van der Waals surface area contributed by atoms with Gasteiger partial charge in [0.2, 0.25) is 0 Å². The summed E-state index contributed by atoms with van der Waals surface area (Å²) in [5.74, 6) is 0. The Bertz CT molecular complexity index is 334. The summed E-state index contributed by atoms with van der Waals surface area (Å²) >= 11 is 0. The fourth-order valence-corrected chi connectivity index (χ4v) is 0.917. The van der Waals surface area contributed by atoms with Gasteiger partial charge >= 0.3 is 24.0 Å². The van der Waals surface area contributed by atoms with Crippen LogP contribution in [-0.2, 0) is 4.84 Å². The molecule has 0 aromatic carbocycles. The maximum absolute atomic E-state index is 12.6. The molecule has 0 aliphatic rings. The molecular weight excluding hydrogens is 292 g/mol. The van der Waals surface area contributed by atoms with Gasteiger partial charge in [0.15, 0.2) is 5.34 Å². The van der Waals surface area contributed by atoms with E-state index in [1.54, 1.807) is 0 Å². The first-order valence-corrected chi connectivity index (χ1v) is 3.42. The second kappa shape index (κ2) is 4.16. The van der Waals surface area contributed by atoms with E-state index in [4.69, 9.17) is 0 Å². The molecule has 0 saturated heterocycles. The predicted molar refractivity (Wildman–Crippen MR) is 33.7 cm³/mol. The van der Waals surface area contributed by atoms with E-state index in [0.717, 1.165) is 0 Å². The molecule has 0 rings (SSSR count). The fourth-order valence-electron chi connectivity index (χ4n) is 0.917. The minimum Gasteiger partial charge on any atom is -0.281 e. The molecule has 0 saturated carbocycles. The summed E-state index contributed by atoms with van der Waals surface area (Å²) < 4.78 is 97.6. The average Bonchev–Trinajstić information content (AvgIpc) is 1.94. The highest BCUT2D eigenvalue weighted by Gasteiger charge is 2.96. The van der Waals surface area contributed by atoms with Gasteiger partial charge in [-0.05, 0) is 0 Å². The smallest absolute Gasteiger partial charge is 0.281 e. The molecule has 0 aromatic heterocycles. The summed E-state index contributed by atoms with van der Waals surface area (Å²) in [6, 6.07) is 0. The molecule has 0 bridgehead atoms. The standard InChI is InChI=1S/C4F8N2O4/c5-2(6,7)1(14(16)17,3(8,9)10)4(11,12)18-13-15. The Kier molecular flexibility index (Phi) is 3.76. The van der Waals surface area contributed by atoms with E-state index in [1.807, 2.05) is 0 Å². The first kappa shape index (κ1) is 16.2. The van der Waals surface area contributed by atoms with Gasteiger partial charge in [-0.3, -0.25) is 15.0 Å². The second-order valence-corrected chi connectivity index (χ2v) is 2.65. The SMILES string of the molecule is O=NOC(F)(F)C([N+](=O)[O-])(C(F)(F)F)C(F)(F)F. The average molecular weight is 292 g/mol. The molecule has 18 heavy (non-hydrogen) atoms. The zero-order chi connectivity index (χ0) is 15.0. The summed E-state index contributed by atoms with van der Waals surface area (Å²) in [4.78, 5) is 17.9. The maximum Gasteiger partial charge on any atom is 0.513 e. The number of rotatable bonds is 4. The third-order valence-electron chi connectivity index (χ3n) is 1.67. The molecule has 0 atom stereocenters. The first-order valence-electron chi connectivity index (χ1n) is 3.42. The van der Waals surface area contributed by atoms with Crippen molar-refractivity contribution in [2.45, 2.75) is 24.0 Å². The Balaban J connectivity index is 6.31. The van der Waals surface area contributed by atoms with E-state index in [2.05, 4.69) is 4.84 Å². The molecule has 106 valence electrons. The largest absolute Gasteiger partial charge is 0.513 e. The Morgan fingerprint density at radius 1 is 0.944 bits per heavy atom. The zero-order valence-corrected chi connectivity index (χ0v) is 7.55. The van der Waals surface area contributed by atoms with Crippen molar-refractivity contribution in [3.05, 3.63) is 15.0 Å². The van der Waals surface area contributed by atoms with Crippen LogP contribution >= 0.6 is 0 Å². The first-order chi connectivity index (χ1) is 7.75. The van der Waals surface area contributed by atoms with Crippen LogP contribution in [0.1, 0.15) is 0 Å². The van der Waals surface area contributed by atoms with Crippen LogP contribution in [0.3, 0.4) is 0 Å². The summed E-state index contributed by atoms with van der Waals surface area (Å²) in [6.07, 6.45) is -20.8. The van der Waals surface area contributed by atoms with Gasteiger partial charge in [-0.1, -0.05) is 0 Å². The molecule has 14 heteroatoms. The lowest BCUT2D eigenvalue weighted by atomic mass is 9.97. The van der Waals surface area contributed by atoms with Gasteiger partial charge in [0.25, 0.3) is 0 Å². The molecule has 0 aliphatic carbocycles. The van der Waals surface area contributed by atoms with Gasteiger partial charge in [0.05, 0.1) is 4.92 Å². The molecule has 0 N–H and O–H groups in total. The Morgan fingerprint density at radius 2 is 1.28 bits per heavy atom. The van der Waals surface area contributed by atoms with Crippen molar-refractivity contribution in [3.8, 4) is 0 Å². The molecule has 0 fully saturated rings. The topological polar surface area (TPSA) is 81.8 Å². The number of hydrogen-bond donors (Lipinski definition) is 0. The number of halogens is 8. The van der Waals surface area contributed by atoms with Crippen molar-refractivity contribution < 1.29 is 44.9 Å². The number of hydrogen-bond acceptors (Lipinski definition) is 5. The molecule has 6 nitrogen and oxygen atoms in total. The van der Waals surface area contributed by atoms with Crippen LogP contribution in [0.25, 0.3) is 0 Å². The minimum atomic E-state index is -7.09. The summed E-state index contributed by atoms with van der Waals surface area (Å²) in [6.45, 7) is 0. The highest BCUT2D eigenvalue weighted by molar-refractivity contribution is 5.01. The summed E-state index contributed by atoms with van der Waals surface area (Å²) in [5, 5.41) is 10.6. The quantitative estimate of drug-likeness (QED) is 0.345. The van der Waals surface area contributed by atoms with Crippen LogP contribution in [-0.4, -0.2) is 28.9 Å². The van der Waals surface area contributed by atoms with Crippen molar-refractivity contribution >= 4 is 0 Å². The van der Waals surface area contributed by atoms with Gasteiger partial charge in [0.1, 0.15) is 0 Å². The molecular formula is C4F8N2O4. The summed E-state index contributed by atoms with van der Waals surface area (Å²) in [5.41, 5.74) is -6.80. The van der Waals surface area contributed by atoms with Gasteiger partial charge < -0.3 is 0 Å². The van der Waals surface area contributed by atoms with Crippen LogP contribution in [0.5, 0.6) is 0 Å². The van der Waals surface area contributed by atoms with E-state index in [9.17, 15) is 50.1 Å². The maximum atomic E-state index is 12.6. The van der Waals surface area contributed by atoms with Gasteiger partial charge in [-0.15, -0.1) is 4.91 Å². The Labute approximate surface area is 90.6 Å². The molecule has 0 amide bonds. The van der Waals surface area contributed by atoms with Crippen LogP contribution in [0.15, 0.2) is 5.34 Å². The minimum absolute atomic E-state index is 0.678. The van der Waals surface area contributed by atoms with Crippen LogP contribution in [0.2, 0.25) is 0 Å². The third-order valence-corrected chi connectivity index (χ3v) is 1.67. The highest BCUT2D eigenvalue weighted by atomic mass is 19.4. The third kappa shape index (κ3) is 2.01. The molecule has 0 aromatic rings. The van der Waals surface area contributed by atoms with Crippen molar-refractivity contribution in [2.24, 2.45) is 5.34 Å². The zero-order valence-electron chi connectivity index (χ0n) is 7.55. The van der Waals surface area contributed by atoms with E-state index in [0.29, 0.717) is 5.34 Å². The number of nitrogens with zero attached hydrogens (tertiary/aromatic N) is 2. The van der Waals surface area contributed by atoms with Crippen molar-refractivity contribution in [3.63, 3.8) is 0 Å². The Hall–Kier alpha value is -1.76. The van der Waals surface area contributed by atoms with E-state index in [1.165, 1.54) is 0 Å². The van der Waals surface area contributed by atoms with Crippen molar-refractivity contribution in [1.29, 1.82) is 0 Å². The van der Waals surface area contributed by atoms with E-state index in [-0.39, 0.29) is 0 Å². The van der Waals surface area contributed by atoms with Crippen molar-refractivity contribution in [2.75, 3.05) is 0 Å². The van der Waals surface area contributed by atoms with Crippen LogP contribution in [0.4, 0.5) is 35.1 Å². The molecule has 0 heterocycles. The summed E-state index contributed by atoms with van der Waals surface area (Å²) in [7, 11) is 0. The molecule has 0 radical (unpaired) electrons. The van der Waals surface area contributed by atoms with Gasteiger partial charge in [-0.25, -0.2) is 0 Å². The van der Waals surface area contributed by atoms with Crippen molar-refractivity contribution in [1.82, 2.24) is 0 Å². The lowest BCUT2D eigenvalue weighted by molar-refractivity contribution is -0.699. The molecule has 0 spiro atoms. The van der Waals surface area contributed by atoms with E-state index >= 15 is 0 Å². The van der Waals surface area contributed by atoms with Gasteiger partial charge in [-0.2, -0.15) is 35.1 Å². The van der Waals surface area contributed by atoms with E-state index < -0.39 is 28.9 Å². The van der Waals surface area contributed by atoms with Gasteiger partial charge in [0, 0.05) is 0 Å². The lowest BCUT2D eigenvalue weighted by Crippen LogP contribution is -2.72. The number of nitro groups is 1. The predicted octanol–water partition coefficient (Wildman–Crippen LogP) is 2.42. The second-order valence-electron chi connectivity index (χ2n) is 2.65. The monoisotopic (exact) mass is 292 g/mol. The fraction of sp³-hybridized carbons (Fsp3) is 1.00. The molecule has 0 aliphatic heterocycles. The Morgan fingerprint density at radius 3 is 1.44 bits per heavy atom. The van der Waals surface area contributed by atoms with Crippen LogP contribution < -0.4 is 0 Å². The molecule has 0 unspecified atom stereocenters. The highest BCUT2D eigenvalue weighted by Crippen LogP contribution is 2.54. The van der Waals surface area contributed by atoms with Crippen LogP contribution in [0, 0.1) is 15.0 Å². The lowest BCUT2D eigenvalue weighted by Gasteiger charge is -2.31. The number of alkyl halides is 8.